The number of rotatable bonds is 4. The molecule has 0 unspecified atom stereocenters. The summed E-state index contributed by atoms with van der Waals surface area (Å²) in [7, 11) is 1.86. The van der Waals surface area contributed by atoms with Crippen LogP contribution < -0.4 is 10.1 Å². The second kappa shape index (κ2) is 6.52. The van der Waals surface area contributed by atoms with E-state index in [1.165, 1.54) is 0 Å². The summed E-state index contributed by atoms with van der Waals surface area (Å²) in [5.74, 6) is 0.413. The number of aromatic nitrogens is 2. The van der Waals surface area contributed by atoms with E-state index in [1.54, 1.807) is 24.5 Å². The third-order valence-corrected chi connectivity index (χ3v) is 3.73. The van der Waals surface area contributed by atoms with Crippen LogP contribution in [0.2, 0.25) is 10.0 Å². The van der Waals surface area contributed by atoms with Crippen molar-refractivity contribution in [1.82, 2.24) is 15.3 Å². The third-order valence-electron chi connectivity index (χ3n) is 2.24. The van der Waals surface area contributed by atoms with Crippen LogP contribution in [-0.2, 0) is 6.54 Å². The molecule has 0 saturated heterocycles. The molecule has 2 aromatic rings. The average Bonchev–Trinajstić information content (AvgIpc) is 2.38. The molecule has 7 heteroatoms. The molecule has 0 atom stereocenters. The maximum Gasteiger partial charge on any atom is 0.321 e. The zero-order valence-electron chi connectivity index (χ0n) is 9.95. The van der Waals surface area contributed by atoms with E-state index < -0.39 is 0 Å². The molecule has 1 aromatic heterocycles. The van der Waals surface area contributed by atoms with Gasteiger partial charge in [0, 0.05) is 35.0 Å². The van der Waals surface area contributed by atoms with Crippen LogP contribution in [0.15, 0.2) is 29.0 Å². The second-order valence-corrected chi connectivity index (χ2v) is 5.37. The highest BCUT2D eigenvalue weighted by atomic mass is 79.9. The van der Waals surface area contributed by atoms with Gasteiger partial charge in [0.1, 0.15) is 0 Å². The van der Waals surface area contributed by atoms with Gasteiger partial charge < -0.3 is 10.1 Å². The Labute approximate surface area is 129 Å². The van der Waals surface area contributed by atoms with Crippen LogP contribution >= 0.6 is 39.1 Å². The average molecular weight is 363 g/mol. The maximum absolute atomic E-state index is 6.05. The number of hydrogen-bond acceptors (Lipinski definition) is 4. The number of hydrogen-bond donors (Lipinski definition) is 1. The summed E-state index contributed by atoms with van der Waals surface area (Å²) < 4.78 is 6.20. The molecule has 0 aliphatic rings. The van der Waals surface area contributed by atoms with Crippen molar-refractivity contribution in [2.75, 3.05) is 7.05 Å². The van der Waals surface area contributed by atoms with Gasteiger partial charge in [-0.3, -0.25) is 0 Å². The smallest absolute Gasteiger partial charge is 0.321 e. The summed E-state index contributed by atoms with van der Waals surface area (Å²) in [6.45, 7) is 0.700. The standard InChI is InChI=1S/C12H10BrCl2N3O/c1-16-4-7-5-17-12(18-6-7)19-11-3-9(14)8(13)2-10(11)15/h2-3,5-6,16H,4H2,1H3. The van der Waals surface area contributed by atoms with E-state index in [0.29, 0.717) is 26.8 Å². The summed E-state index contributed by atoms with van der Waals surface area (Å²) in [6.07, 6.45) is 3.38. The van der Waals surface area contributed by atoms with Gasteiger partial charge in [-0.05, 0) is 29.0 Å². The Kier molecular flexibility index (Phi) is 4.99. The SMILES string of the molecule is CNCc1cnc(Oc2cc(Cl)c(Br)cc2Cl)nc1. The van der Waals surface area contributed by atoms with Crippen molar-refractivity contribution in [2.45, 2.75) is 6.54 Å². The third kappa shape index (κ3) is 3.79. The number of nitrogens with zero attached hydrogens (tertiary/aromatic N) is 2. The van der Waals surface area contributed by atoms with Gasteiger partial charge >= 0.3 is 6.01 Å². The maximum atomic E-state index is 6.05. The van der Waals surface area contributed by atoms with Crippen LogP contribution in [0.3, 0.4) is 0 Å². The minimum absolute atomic E-state index is 0.222. The number of nitrogens with one attached hydrogen (secondary N) is 1. The van der Waals surface area contributed by atoms with Gasteiger partial charge in [-0.15, -0.1) is 0 Å². The highest BCUT2D eigenvalue weighted by Crippen LogP contribution is 2.35. The molecule has 100 valence electrons. The normalized spacial score (nSPS) is 10.5. The Morgan fingerprint density at radius 2 is 1.89 bits per heavy atom. The van der Waals surface area contributed by atoms with Gasteiger partial charge in [0.25, 0.3) is 0 Å². The fourth-order valence-electron chi connectivity index (χ4n) is 1.37. The molecule has 4 nitrogen and oxygen atoms in total. The molecule has 0 saturated carbocycles. The first-order valence-electron chi connectivity index (χ1n) is 5.38. The number of benzene rings is 1. The van der Waals surface area contributed by atoms with Crippen LogP contribution in [0.1, 0.15) is 5.56 Å². The summed E-state index contributed by atoms with van der Waals surface area (Å²) in [5, 5.41) is 3.95. The molecular formula is C12H10BrCl2N3O. The molecule has 2 rings (SSSR count). The van der Waals surface area contributed by atoms with E-state index in [-0.39, 0.29) is 6.01 Å². The Bertz CT molecular complexity index is 578. The predicted octanol–water partition coefficient (Wildman–Crippen LogP) is 4.06. The highest BCUT2D eigenvalue weighted by Gasteiger charge is 2.09. The van der Waals surface area contributed by atoms with E-state index in [2.05, 4.69) is 31.2 Å². The van der Waals surface area contributed by atoms with Crippen LogP contribution in [0.5, 0.6) is 11.8 Å². The zero-order chi connectivity index (χ0) is 13.8. The second-order valence-electron chi connectivity index (χ2n) is 3.70. The molecule has 1 heterocycles. The Balaban J connectivity index is 2.19. The van der Waals surface area contributed by atoms with Crippen LogP contribution in [0.25, 0.3) is 0 Å². The lowest BCUT2D eigenvalue weighted by molar-refractivity contribution is 0.441. The van der Waals surface area contributed by atoms with Gasteiger partial charge in [0.05, 0.1) is 10.0 Å². The highest BCUT2D eigenvalue weighted by molar-refractivity contribution is 9.10. The molecule has 0 spiro atoms. The minimum atomic E-state index is 0.222. The van der Waals surface area contributed by atoms with Crippen LogP contribution in [-0.4, -0.2) is 17.0 Å². The van der Waals surface area contributed by atoms with Gasteiger partial charge in [-0.1, -0.05) is 23.2 Å². The number of halogens is 3. The number of ether oxygens (including phenoxy) is 1. The van der Waals surface area contributed by atoms with Gasteiger partial charge in [0.15, 0.2) is 5.75 Å². The summed E-state index contributed by atoms with van der Waals surface area (Å²) in [5.41, 5.74) is 0.967. The molecule has 1 aromatic carbocycles. The molecule has 0 aliphatic carbocycles. The van der Waals surface area contributed by atoms with E-state index in [0.717, 1.165) is 5.56 Å². The van der Waals surface area contributed by atoms with Crippen LogP contribution in [0.4, 0.5) is 0 Å². The van der Waals surface area contributed by atoms with Gasteiger partial charge in [0.2, 0.25) is 0 Å². The van der Waals surface area contributed by atoms with Crippen LogP contribution in [0, 0.1) is 0 Å². The zero-order valence-corrected chi connectivity index (χ0v) is 13.1. The van der Waals surface area contributed by atoms with Gasteiger partial charge in [-0.25, -0.2) is 9.97 Å². The first kappa shape index (κ1) is 14.5. The van der Waals surface area contributed by atoms with E-state index in [9.17, 15) is 0 Å². The first-order valence-corrected chi connectivity index (χ1v) is 6.93. The Hall–Kier alpha value is -0.880. The van der Waals surface area contributed by atoms with Crippen molar-refractivity contribution >= 4 is 39.1 Å². The van der Waals surface area contributed by atoms with E-state index in [1.807, 2.05) is 7.05 Å². The molecule has 19 heavy (non-hydrogen) atoms. The molecule has 0 fully saturated rings. The Morgan fingerprint density at radius 1 is 1.21 bits per heavy atom. The van der Waals surface area contributed by atoms with Crippen molar-refractivity contribution in [1.29, 1.82) is 0 Å². The van der Waals surface area contributed by atoms with Crippen molar-refractivity contribution in [3.63, 3.8) is 0 Å². The lowest BCUT2D eigenvalue weighted by Gasteiger charge is -2.07. The lowest BCUT2D eigenvalue weighted by atomic mass is 10.3. The topological polar surface area (TPSA) is 47.0 Å². The molecule has 0 bridgehead atoms. The molecule has 1 N–H and O–H groups in total. The lowest BCUT2D eigenvalue weighted by Crippen LogP contribution is -2.06. The largest absolute Gasteiger partial charge is 0.423 e. The fourth-order valence-corrected chi connectivity index (χ4v) is 2.20. The summed E-state index contributed by atoms with van der Waals surface area (Å²) in [6, 6.07) is 3.49. The van der Waals surface area contributed by atoms with Crippen molar-refractivity contribution in [3.8, 4) is 11.8 Å². The quantitative estimate of drug-likeness (QED) is 0.833. The van der Waals surface area contributed by atoms with Gasteiger partial charge in [-0.2, -0.15) is 0 Å². The molecule has 0 radical (unpaired) electrons. The minimum Gasteiger partial charge on any atom is -0.423 e. The van der Waals surface area contributed by atoms with E-state index >= 15 is 0 Å². The van der Waals surface area contributed by atoms with Crippen molar-refractivity contribution in [2.24, 2.45) is 0 Å². The summed E-state index contributed by atoms with van der Waals surface area (Å²) in [4.78, 5) is 8.20. The van der Waals surface area contributed by atoms with Crippen molar-refractivity contribution < 1.29 is 4.74 Å². The molecule has 0 amide bonds. The predicted molar refractivity (Wildman–Crippen MR) is 79.0 cm³/mol. The monoisotopic (exact) mass is 361 g/mol. The fraction of sp³-hybridized carbons (Fsp3) is 0.167. The summed E-state index contributed by atoms with van der Waals surface area (Å²) >= 11 is 15.3. The first-order chi connectivity index (χ1) is 9.10. The Morgan fingerprint density at radius 3 is 2.53 bits per heavy atom. The van der Waals surface area contributed by atoms with E-state index in [4.69, 9.17) is 27.9 Å². The molecule has 0 aliphatic heterocycles. The van der Waals surface area contributed by atoms with Crippen molar-refractivity contribution in [3.05, 3.63) is 44.6 Å². The molecular weight excluding hydrogens is 353 g/mol.